The Kier molecular flexibility index (Phi) is 4.56. The van der Waals surface area contributed by atoms with Gasteiger partial charge in [-0.2, -0.15) is 11.3 Å². The molecule has 0 bridgehead atoms. The predicted molar refractivity (Wildman–Crippen MR) is 91.5 cm³/mol. The van der Waals surface area contributed by atoms with Crippen molar-refractivity contribution in [2.75, 3.05) is 0 Å². The number of benzene rings is 2. The monoisotopic (exact) mass is 327 g/mol. The van der Waals surface area contributed by atoms with Crippen molar-refractivity contribution in [3.63, 3.8) is 0 Å². The molecule has 3 rings (SSSR count). The van der Waals surface area contributed by atoms with Crippen molar-refractivity contribution in [2.45, 2.75) is 6.04 Å². The third-order valence-corrected chi connectivity index (χ3v) is 4.33. The van der Waals surface area contributed by atoms with E-state index in [1.54, 1.807) is 0 Å². The van der Waals surface area contributed by atoms with Crippen LogP contribution in [-0.2, 0) is 0 Å². The molecule has 1 aromatic heterocycles. The molecule has 2 aromatic carbocycles. The molecular weight excluding hydrogens is 314 g/mol. The molecule has 0 aliphatic rings. The smallest absolute Gasteiger partial charge is 0.252 e. The minimum Gasteiger partial charge on any atom is -0.341 e. The van der Waals surface area contributed by atoms with Crippen molar-refractivity contribution in [3.8, 4) is 0 Å². The molecule has 2 nitrogen and oxygen atoms in total. The number of amides is 1. The standard InChI is InChI=1S/C18H14ClNOS/c19-16-8-6-14(7-9-16)17(13-4-2-1-3-5-13)20-18(21)15-10-11-22-12-15/h1-12,17H,(H,20,21). The Morgan fingerprint density at radius 3 is 2.27 bits per heavy atom. The summed E-state index contributed by atoms with van der Waals surface area (Å²) >= 11 is 7.47. The molecule has 1 heterocycles. The second-order valence-corrected chi connectivity index (χ2v) is 6.10. The zero-order chi connectivity index (χ0) is 15.4. The van der Waals surface area contributed by atoms with Gasteiger partial charge < -0.3 is 5.32 Å². The van der Waals surface area contributed by atoms with E-state index in [-0.39, 0.29) is 11.9 Å². The van der Waals surface area contributed by atoms with Crippen LogP contribution in [0.3, 0.4) is 0 Å². The summed E-state index contributed by atoms with van der Waals surface area (Å²) in [5.41, 5.74) is 2.72. The van der Waals surface area contributed by atoms with Gasteiger partial charge in [-0.3, -0.25) is 4.79 Å². The second kappa shape index (κ2) is 6.77. The van der Waals surface area contributed by atoms with Crippen LogP contribution >= 0.6 is 22.9 Å². The lowest BCUT2D eigenvalue weighted by Crippen LogP contribution is -2.29. The number of hydrogen-bond donors (Lipinski definition) is 1. The third-order valence-electron chi connectivity index (χ3n) is 3.40. The molecule has 0 spiro atoms. The minimum atomic E-state index is -0.203. The van der Waals surface area contributed by atoms with Gasteiger partial charge in [-0.25, -0.2) is 0 Å². The molecule has 0 saturated heterocycles. The van der Waals surface area contributed by atoms with Gasteiger partial charge in [0.2, 0.25) is 0 Å². The Bertz CT molecular complexity index is 739. The number of halogens is 1. The first-order chi connectivity index (χ1) is 10.7. The van der Waals surface area contributed by atoms with E-state index in [9.17, 15) is 4.79 Å². The van der Waals surface area contributed by atoms with Crippen LogP contribution in [0.4, 0.5) is 0 Å². The molecule has 0 fully saturated rings. The fraction of sp³-hybridized carbons (Fsp3) is 0.0556. The van der Waals surface area contributed by atoms with Crippen LogP contribution in [0.5, 0.6) is 0 Å². The summed E-state index contributed by atoms with van der Waals surface area (Å²) in [5, 5.41) is 7.52. The summed E-state index contributed by atoms with van der Waals surface area (Å²) in [5.74, 6) is -0.0787. The predicted octanol–water partition coefficient (Wildman–Crippen LogP) is 4.92. The van der Waals surface area contributed by atoms with Crippen LogP contribution in [-0.4, -0.2) is 5.91 Å². The largest absolute Gasteiger partial charge is 0.341 e. The molecule has 0 aliphatic heterocycles. The van der Waals surface area contributed by atoms with Crippen LogP contribution in [0, 0.1) is 0 Å². The van der Waals surface area contributed by atoms with E-state index >= 15 is 0 Å². The molecule has 1 unspecified atom stereocenters. The molecule has 1 atom stereocenters. The number of carbonyl (C=O) groups excluding carboxylic acids is 1. The summed E-state index contributed by atoms with van der Waals surface area (Å²) in [7, 11) is 0. The van der Waals surface area contributed by atoms with Gasteiger partial charge in [-0.1, -0.05) is 54.1 Å². The molecular formula is C18H14ClNOS. The summed E-state index contributed by atoms with van der Waals surface area (Å²) in [4.78, 5) is 12.4. The summed E-state index contributed by atoms with van der Waals surface area (Å²) in [6, 6.07) is 19.1. The minimum absolute atomic E-state index is 0.0787. The van der Waals surface area contributed by atoms with Gasteiger partial charge in [0.1, 0.15) is 0 Å². The first-order valence-electron chi connectivity index (χ1n) is 6.87. The highest BCUT2D eigenvalue weighted by molar-refractivity contribution is 7.08. The molecule has 0 radical (unpaired) electrons. The molecule has 0 aliphatic carbocycles. The summed E-state index contributed by atoms with van der Waals surface area (Å²) in [6.07, 6.45) is 0. The normalized spacial score (nSPS) is 11.9. The van der Waals surface area contributed by atoms with Crippen molar-refractivity contribution in [3.05, 3.63) is 93.1 Å². The van der Waals surface area contributed by atoms with E-state index < -0.39 is 0 Å². The van der Waals surface area contributed by atoms with E-state index in [4.69, 9.17) is 11.6 Å². The van der Waals surface area contributed by atoms with Crippen molar-refractivity contribution in [1.29, 1.82) is 0 Å². The molecule has 22 heavy (non-hydrogen) atoms. The molecule has 3 aromatic rings. The molecule has 4 heteroatoms. The highest BCUT2D eigenvalue weighted by Gasteiger charge is 2.17. The average Bonchev–Trinajstić information content (AvgIpc) is 3.09. The van der Waals surface area contributed by atoms with Gasteiger partial charge in [0.15, 0.2) is 0 Å². The lowest BCUT2D eigenvalue weighted by molar-refractivity contribution is 0.0943. The zero-order valence-corrected chi connectivity index (χ0v) is 13.3. The fourth-order valence-electron chi connectivity index (χ4n) is 2.27. The van der Waals surface area contributed by atoms with Crippen molar-refractivity contribution in [1.82, 2.24) is 5.32 Å². The molecule has 110 valence electrons. The van der Waals surface area contributed by atoms with Gasteiger partial charge in [0, 0.05) is 10.4 Å². The fourth-order valence-corrected chi connectivity index (χ4v) is 3.03. The topological polar surface area (TPSA) is 29.1 Å². The lowest BCUT2D eigenvalue weighted by atomic mass is 9.98. The Labute approximate surface area is 138 Å². The van der Waals surface area contributed by atoms with Gasteiger partial charge in [0.05, 0.1) is 11.6 Å². The van der Waals surface area contributed by atoms with Gasteiger partial charge in [-0.15, -0.1) is 0 Å². The SMILES string of the molecule is O=C(NC(c1ccccc1)c1ccc(Cl)cc1)c1ccsc1. The number of thiophene rings is 1. The van der Waals surface area contributed by atoms with E-state index in [0.717, 1.165) is 11.1 Å². The maximum atomic E-state index is 12.4. The summed E-state index contributed by atoms with van der Waals surface area (Å²) < 4.78 is 0. The van der Waals surface area contributed by atoms with Crippen LogP contribution < -0.4 is 5.32 Å². The quantitative estimate of drug-likeness (QED) is 0.724. The zero-order valence-electron chi connectivity index (χ0n) is 11.7. The van der Waals surface area contributed by atoms with E-state index in [0.29, 0.717) is 10.6 Å². The van der Waals surface area contributed by atoms with Crippen LogP contribution in [0.15, 0.2) is 71.4 Å². The number of hydrogen-bond acceptors (Lipinski definition) is 2. The Hall–Kier alpha value is -2.10. The maximum Gasteiger partial charge on any atom is 0.252 e. The Morgan fingerprint density at radius 1 is 0.955 bits per heavy atom. The van der Waals surface area contributed by atoms with Crippen LogP contribution in [0.1, 0.15) is 27.5 Å². The number of carbonyl (C=O) groups is 1. The first kappa shape index (κ1) is 14.8. The third kappa shape index (κ3) is 3.38. The molecule has 1 N–H and O–H groups in total. The van der Waals surface area contributed by atoms with Gasteiger partial charge >= 0.3 is 0 Å². The first-order valence-corrected chi connectivity index (χ1v) is 8.19. The van der Waals surface area contributed by atoms with E-state index in [1.807, 2.05) is 71.4 Å². The average molecular weight is 328 g/mol. The van der Waals surface area contributed by atoms with Gasteiger partial charge in [-0.05, 0) is 34.7 Å². The highest BCUT2D eigenvalue weighted by Crippen LogP contribution is 2.24. The second-order valence-electron chi connectivity index (χ2n) is 4.88. The Morgan fingerprint density at radius 2 is 1.64 bits per heavy atom. The van der Waals surface area contributed by atoms with E-state index in [1.165, 1.54) is 11.3 Å². The van der Waals surface area contributed by atoms with Crippen molar-refractivity contribution in [2.24, 2.45) is 0 Å². The van der Waals surface area contributed by atoms with Crippen molar-refractivity contribution >= 4 is 28.8 Å². The maximum absolute atomic E-state index is 12.4. The lowest BCUT2D eigenvalue weighted by Gasteiger charge is -2.19. The summed E-state index contributed by atoms with van der Waals surface area (Å²) in [6.45, 7) is 0. The van der Waals surface area contributed by atoms with Crippen LogP contribution in [0.25, 0.3) is 0 Å². The van der Waals surface area contributed by atoms with Gasteiger partial charge in [0.25, 0.3) is 5.91 Å². The Balaban J connectivity index is 1.93. The van der Waals surface area contributed by atoms with E-state index in [2.05, 4.69) is 5.32 Å². The molecule has 0 saturated carbocycles. The van der Waals surface area contributed by atoms with Crippen molar-refractivity contribution < 1.29 is 4.79 Å². The van der Waals surface area contributed by atoms with Crippen LogP contribution in [0.2, 0.25) is 5.02 Å². The number of rotatable bonds is 4. The molecule has 1 amide bonds. The highest BCUT2D eigenvalue weighted by atomic mass is 35.5. The number of nitrogens with one attached hydrogen (secondary N) is 1.